The summed E-state index contributed by atoms with van der Waals surface area (Å²) in [4.78, 5) is 21.7. The summed E-state index contributed by atoms with van der Waals surface area (Å²) in [5.41, 5.74) is 0. The van der Waals surface area contributed by atoms with Gasteiger partial charge in [-0.1, -0.05) is 12.1 Å². The molecule has 1 aromatic rings. The Morgan fingerprint density at radius 3 is 2.62 bits per heavy atom. The smallest absolute Gasteiger partial charge is 0.303 e. The average Bonchev–Trinajstić information content (AvgIpc) is 2.44. The van der Waals surface area contributed by atoms with Gasteiger partial charge in [0.2, 0.25) is 5.91 Å². The molecule has 1 amide bonds. The van der Waals surface area contributed by atoms with Crippen LogP contribution in [0.2, 0.25) is 0 Å². The number of nitrogens with one attached hydrogen (secondary N) is 1. The van der Waals surface area contributed by atoms with Gasteiger partial charge >= 0.3 is 5.97 Å². The zero-order valence-electron chi connectivity index (χ0n) is 11.8. The van der Waals surface area contributed by atoms with E-state index in [0.717, 1.165) is 0 Å². The lowest BCUT2D eigenvalue weighted by Crippen LogP contribution is -2.24. The normalized spacial score (nSPS) is 10.1. The molecule has 5 nitrogen and oxygen atoms in total. The monoisotopic (exact) mass is 297 g/mol. The molecule has 0 radical (unpaired) electrons. The van der Waals surface area contributed by atoms with Gasteiger partial charge < -0.3 is 15.2 Å². The average molecular weight is 297 g/mol. The molecule has 0 spiro atoms. The summed E-state index contributed by atoms with van der Waals surface area (Å²) in [7, 11) is 0. The number of carboxylic acid groups (broad SMARTS) is 1. The van der Waals surface area contributed by atoms with Crippen molar-refractivity contribution in [3.05, 3.63) is 30.1 Å². The number of rotatable bonds is 10. The number of halogens is 1. The predicted octanol–water partition coefficient (Wildman–Crippen LogP) is 2.36. The molecule has 2 N–H and O–H groups in total. The van der Waals surface area contributed by atoms with Crippen molar-refractivity contribution < 1.29 is 23.8 Å². The first-order valence-corrected chi connectivity index (χ1v) is 6.95. The fraction of sp³-hybridized carbons (Fsp3) is 0.467. The molecular weight excluding hydrogens is 277 g/mol. The van der Waals surface area contributed by atoms with Gasteiger partial charge in [0, 0.05) is 19.4 Å². The number of benzene rings is 1. The highest BCUT2D eigenvalue weighted by molar-refractivity contribution is 5.75. The van der Waals surface area contributed by atoms with E-state index in [0.29, 0.717) is 32.2 Å². The van der Waals surface area contributed by atoms with Gasteiger partial charge in [0.15, 0.2) is 11.6 Å². The van der Waals surface area contributed by atoms with Crippen molar-refractivity contribution in [2.24, 2.45) is 0 Å². The maximum absolute atomic E-state index is 13.2. The third kappa shape index (κ3) is 7.91. The standard InChI is InChI=1S/C15H20FNO4/c16-12-6-1-2-7-13(12)21-11-5-8-14(18)17-10-4-3-9-15(19)20/h1-2,6-7H,3-5,8-11H2,(H,17,18)(H,19,20). The number of hydrogen-bond donors (Lipinski definition) is 2. The quantitative estimate of drug-likeness (QED) is 0.650. The second kappa shape index (κ2) is 9.74. The van der Waals surface area contributed by atoms with E-state index in [1.165, 1.54) is 12.1 Å². The number of amides is 1. The van der Waals surface area contributed by atoms with Gasteiger partial charge in [0.1, 0.15) is 0 Å². The Labute approximate surface area is 123 Å². The summed E-state index contributed by atoms with van der Waals surface area (Å²) in [5, 5.41) is 11.2. The maximum atomic E-state index is 13.2. The molecule has 0 aliphatic heterocycles. The molecule has 0 atom stereocenters. The Balaban J connectivity index is 2.03. The minimum absolute atomic E-state index is 0.109. The molecular formula is C15H20FNO4. The summed E-state index contributed by atoms with van der Waals surface area (Å²) < 4.78 is 18.5. The van der Waals surface area contributed by atoms with Crippen molar-refractivity contribution in [3.63, 3.8) is 0 Å². The highest BCUT2D eigenvalue weighted by Gasteiger charge is 2.04. The first-order valence-electron chi connectivity index (χ1n) is 6.95. The van der Waals surface area contributed by atoms with Crippen LogP contribution in [-0.4, -0.2) is 30.1 Å². The van der Waals surface area contributed by atoms with Crippen molar-refractivity contribution in [2.45, 2.75) is 32.1 Å². The van der Waals surface area contributed by atoms with Crippen LogP contribution < -0.4 is 10.1 Å². The fourth-order valence-electron chi connectivity index (χ4n) is 1.69. The maximum Gasteiger partial charge on any atom is 0.303 e. The van der Waals surface area contributed by atoms with E-state index >= 15 is 0 Å². The van der Waals surface area contributed by atoms with Crippen molar-refractivity contribution in [2.75, 3.05) is 13.2 Å². The zero-order valence-corrected chi connectivity index (χ0v) is 11.8. The molecule has 0 saturated heterocycles. The number of aliphatic carboxylic acids is 1. The number of para-hydroxylation sites is 1. The van der Waals surface area contributed by atoms with Crippen LogP contribution in [0.25, 0.3) is 0 Å². The minimum Gasteiger partial charge on any atom is -0.491 e. The number of carboxylic acids is 1. The van der Waals surface area contributed by atoms with Gasteiger partial charge in [0.25, 0.3) is 0 Å². The van der Waals surface area contributed by atoms with Gasteiger partial charge in [-0.25, -0.2) is 4.39 Å². The predicted molar refractivity (Wildman–Crippen MR) is 75.6 cm³/mol. The number of hydrogen-bond acceptors (Lipinski definition) is 3. The second-order valence-electron chi connectivity index (χ2n) is 4.58. The lowest BCUT2D eigenvalue weighted by Gasteiger charge is -2.07. The third-order valence-electron chi connectivity index (χ3n) is 2.78. The minimum atomic E-state index is -0.827. The van der Waals surface area contributed by atoms with Gasteiger partial charge in [-0.05, 0) is 31.4 Å². The number of carbonyl (C=O) groups excluding carboxylic acids is 1. The van der Waals surface area contributed by atoms with E-state index in [4.69, 9.17) is 9.84 Å². The fourth-order valence-corrected chi connectivity index (χ4v) is 1.69. The zero-order chi connectivity index (χ0) is 15.5. The van der Waals surface area contributed by atoms with Gasteiger partial charge in [-0.15, -0.1) is 0 Å². The number of carbonyl (C=O) groups is 2. The first kappa shape index (κ1) is 16.9. The Morgan fingerprint density at radius 1 is 1.14 bits per heavy atom. The summed E-state index contributed by atoms with van der Waals surface area (Å²) >= 11 is 0. The van der Waals surface area contributed by atoms with Crippen molar-refractivity contribution in [3.8, 4) is 5.75 Å². The topological polar surface area (TPSA) is 75.6 Å². The molecule has 21 heavy (non-hydrogen) atoms. The summed E-state index contributed by atoms with van der Waals surface area (Å²) in [6.07, 6.45) is 2.10. The van der Waals surface area contributed by atoms with E-state index in [-0.39, 0.29) is 24.7 Å². The molecule has 0 bridgehead atoms. The summed E-state index contributed by atoms with van der Waals surface area (Å²) in [6, 6.07) is 6.12. The van der Waals surface area contributed by atoms with Crippen LogP contribution in [0, 0.1) is 5.82 Å². The van der Waals surface area contributed by atoms with Gasteiger partial charge in [0.05, 0.1) is 6.61 Å². The van der Waals surface area contributed by atoms with E-state index in [9.17, 15) is 14.0 Å². The van der Waals surface area contributed by atoms with Gasteiger partial charge in [-0.2, -0.15) is 0 Å². The van der Waals surface area contributed by atoms with Crippen LogP contribution in [0.1, 0.15) is 32.1 Å². The summed E-state index contributed by atoms with van der Waals surface area (Å²) in [5.74, 6) is -1.17. The lowest BCUT2D eigenvalue weighted by molar-refractivity contribution is -0.137. The Kier molecular flexibility index (Phi) is 7.86. The van der Waals surface area contributed by atoms with Crippen LogP contribution in [0.5, 0.6) is 5.75 Å². The van der Waals surface area contributed by atoms with E-state index in [1.54, 1.807) is 12.1 Å². The molecule has 0 unspecified atom stereocenters. The number of ether oxygens (including phenoxy) is 1. The van der Waals surface area contributed by atoms with Crippen LogP contribution >= 0.6 is 0 Å². The van der Waals surface area contributed by atoms with Crippen molar-refractivity contribution >= 4 is 11.9 Å². The highest BCUT2D eigenvalue weighted by atomic mass is 19.1. The molecule has 0 aliphatic rings. The van der Waals surface area contributed by atoms with Crippen LogP contribution in [-0.2, 0) is 9.59 Å². The molecule has 1 aromatic carbocycles. The van der Waals surface area contributed by atoms with Crippen molar-refractivity contribution in [1.29, 1.82) is 0 Å². The Bertz CT molecular complexity index is 465. The largest absolute Gasteiger partial charge is 0.491 e. The lowest BCUT2D eigenvalue weighted by atomic mass is 10.2. The Hall–Kier alpha value is -2.11. The molecule has 0 heterocycles. The van der Waals surface area contributed by atoms with Crippen LogP contribution in [0.3, 0.4) is 0 Å². The van der Waals surface area contributed by atoms with Gasteiger partial charge in [-0.3, -0.25) is 9.59 Å². The van der Waals surface area contributed by atoms with Crippen LogP contribution in [0.4, 0.5) is 4.39 Å². The molecule has 0 aliphatic carbocycles. The molecule has 116 valence electrons. The molecule has 0 saturated carbocycles. The number of unbranched alkanes of at least 4 members (excludes halogenated alkanes) is 1. The molecule has 0 aromatic heterocycles. The molecule has 1 rings (SSSR count). The SMILES string of the molecule is O=C(O)CCCCNC(=O)CCCOc1ccccc1F. The second-order valence-corrected chi connectivity index (χ2v) is 4.58. The van der Waals surface area contributed by atoms with E-state index in [1.807, 2.05) is 0 Å². The van der Waals surface area contributed by atoms with E-state index < -0.39 is 11.8 Å². The summed E-state index contributed by atoms with van der Waals surface area (Å²) in [6.45, 7) is 0.744. The van der Waals surface area contributed by atoms with Crippen molar-refractivity contribution in [1.82, 2.24) is 5.32 Å². The first-order chi connectivity index (χ1) is 10.1. The van der Waals surface area contributed by atoms with E-state index in [2.05, 4.69) is 5.32 Å². The highest BCUT2D eigenvalue weighted by Crippen LogP contribution is 2.15. The third-order valence-corrected chi connectivity index (χ3v) is 2.78. The van der Waals surface area contributed by atoms with Crippen LogP contribution in [0.15, 0.2) is 24.3 Å². The molecule has 0 fully saturated rings. The Morgan fingerprint density at radius 2 is 1.90 bits per heavy atom. The molecule has 6 heteroatoms.